The van der Waals surface area contributed by atoms with Crippen LogP contribution in [0.5, 0.6) is 0 Å². The molecular weight excluding hydrogens is 307 g/mol. The van der Waals surface area contributed by atoms with E-state index in [1.807, 2.05) is 16.7 Å². The zero-order chi connectivity index (χ0) is 17.1. The Bertz CT molecular complexity index is 649. The molecule has 3 rings (SSSR count). The number of carbonyl (C=O) groups excluding carboxylic acids is 1. The van der Waals surface area contributed by atoms with Crippen LogP contribution in [0.2, 0.25) is 0 Å². The van der Waals surface area contributed by atoms with E-state index in [9.17, 15) is 9.18 Å². The van der Waals surface area contributed by atoms with E-state index < -0.39 is 0 Å². The number of piperidine rings is 1. The zero-order valence-electron chi connectivity index (χ0n) is 14.0. The highest BCUT2D eigenvalue weighted by Gasteiger charge is 2.34. The summed E-state index contributed by atoms with van der Waals surface area (Å²) >= 11 is 0. The minimum Gasteiger partial charge on any atom is -0.323 e. The molecule has 0 saturated carbocycles. The molecule has 0 unspecified atom stereocenters. The first-order valence-corrected chi connectivity index (χ1v) is 8.58. The second-order valence-electron chi connectivity index (χ2n) is 6.48. The van der Waals surface area contributed by atoms with Crippen LogP contribution >= 0.6 is 0 Å². The maximum absolute atomic E-state index is 13.9. The number of carbonyl (C=O) groups is 1. The molecule has 1 aromatic rings. The molecule has 24 heavy (non-hydrogen) atoms. The number of benzene rings is 1. The lowest BCUT2D eigenvalue weighted by atomic mass is 10.0. The van der Waals surface area contributed by atoms with E-state index in [-0.39, 0.29) is 11.8 Å². The van der Waals surface area contributed by atoms with Crippen LogP contribution in [0.3, 0.4) is 0 Å². The van der Waals surface area contributed by atoms with Crippen LogP contribution in [0.15, 0.2) is 18.2 Å². The van der Waals surface area contributed by atoms with Crippen LogP contribution < -0.4 is 0 Å². The molecule has 2 aliphatic rings. The summed E-state index contributed by atoms with van der Waals surface area (Å²) in [6, 6.07) is 7.00. The van der Waals surface area contributed by atoms with E-state index in [1.165, 1.54) is 12.1 Å². The summed E-state index contributed by atoms with van der Waals surface area (Å²) in [5.41, 5.74) is 1.06. The molecule has 2 fully saturated rings. The van der Waals surface area contributed by atoms with Gasteiger partial charge in [-0.25, -0.2) is 9.18 Å². The molecule has 0 bridgehead atoms. The minimum atomic E-state index is -0.260. The number of hydrogen-bond acceptors (Lipinski definition) is 3. The molecule has 128 valence electrons. The molecule has 6 heteroatoms. The molecule has 0 atom stereocenters. The van der Waals surface area contributed by atoms with Gasteiger partial charge in [0.25, 0.3) is 0 Å². The molecule has 0 radical (unpaired) electrons. The van der Waals surface area contributed by atoms with Crippen molar-refractivity contribution in [3.63, 3.8) is 0 Å². The average molecular weight is 330 g/mol. The number of hydrogen-bond donors (Lipinski definition) is 0. The van der Waals surface area contributed by atoms with E-state index in [1.54, 1.807) is 6.07 Å². The first-order chi connectivity index (χ1) is 11.6. The summed E-state index contributed by atoms with van der Waals surface area (Å²) in [6.45, 7) is 6.62. The number of rotatable bonds is 4. The summed E-state index contributed by atoms with van der Waals surface area (Å²) in [5.74, 6) is -0.260. The standard InChI is InChI=1S/C18H23FN4O/c1-2-22-9-10-23(18(22)24)16-5-7-21(8-6-16)13-15-11-14(12-20)3-4-17(15)19/h3-4,11,16H,2,5-10,13H2,1H3. The predicted octanol–water partition coefficient (Wildman–Crippen LogP) is 2.42. The Morgan fingerprint density at radius 2 is 2.00 bits per heavy atom. The quantitative estimate of drug-likeness (QED) is 0.852. The summed E-state index contributed by atoms with van der Waals surface area (Å²) in [7, 11) is 0. The molecule has 2 aliphatic heterocycles. The molecule has 0 aromatic heterocycles. The topological polar surface area (TPSA) is 50.6 Å². The fourth-order valence-electron chi connectivity index (χ4n) is 3.63. The van der Waals surface area contributed by atoms with Crippen LogP contribution in [0, 0.1) is 17.1 Å². The largest absolute Gasteiger partial charge is 0.323 e. The van der Waals surface area contributed by atoms with E-state index in [0.29, 0.717) is 23.7 Å². The van der Waals surface area contributed by atoms with Gasteiger partial charge in [0.15, 0.2) is 0 Å². The Kier molecular flexibility index (Phi) is 5.00. The van der Waals surface area contributed by atoms with Crippen molar-refractivity contribution in [1.29, 1.82) is 5.26 Å². The number of halogens is 1. The van der Waals surface area contributed by atoms with Crippen LogP contribution in [0.25, 0.3) is 0 Å². The Morgan fingerprint density at radius 1 is 1.25 bits per heavy atom. The fourth-order valence-corrected chi connectivity index (χ4v) is 3.63. The molecule has 0 N–H and O–H groups in total. The first kappa shape index (κ1) is 16.7. The van der Waals surface area contributed by atoms with Crippen molar-refractivity contribution >= 4 is 6.03 Å². The predicted molar refractivity (Wildman–Crippen MR) is 88.8 cm³/mol. The molecular formula is C18H23FN4O. The van der Waals surface area contributed by atoms with E-state index in [0.717, 1.165) is 45.6 Å². The van der Waals surface area contributed by atoms with Gasteiger partial charge in [-0.15, -0.1) is 0 Å². The number of amides is 2. The zero-order valence-corrected chi connectivity index (χ0v) is 14.0. The number of likely N-dealkylation sites (N-methyl/N-ethyl adjacent to an activating group) is 1. The smallest absolute Gasteiger partial charge is 0.320 e. The van der Waals surface area contributed by atoms with Gasteiger partial charge in [-0.3, -0.25) is 4.90 Å². The van der Waals surface area contributed by atoms with Gasteiger partial charge in [-0.2, -0.15) is 5.26 Å². The molecule has 2 saturated heterocycles. The highest BCUT2D eigenvalue weighted by Crippen LogP contribution is 2.23. The fraction of sp³-hybridized carbons (Fsp3) is 0.556. The third kappa shape index (κ3) is 3.36. The Labute approximate surface area is 142 Å². The lowest BCUT2D eigenvalue weighted by Crippen LogP contribution is -2.46. The van der Waals surface area contributed by atoms with Gasteiger partial charge in [0, 0.05) is 50.9 Å². The van der Waals surface area contributed by atoms with Gasteiger partial charge in [-0.1, -0.05) is 0 Å². The van der Waals surface area contributed by atoms with E-state index in [2.05, 4.69) is 11.0 Å². The van der Waals surface area contributed by atoms with Crippen molar-refractivity contribution in [2.24, 2.45) is 0 Å². The van der Waals surface area contributed by atoms with Crippen molar-refractivity contribution in [2.45, 2.75) is 32.4 Å². The average Bonchev–Trinajstić information content (AvgIpc) is 2.98. The Morgan fingerprint density at radius 3 is 2.62 bits per heavy atom. The van der Waals surface area contributed by atoms with Crippen LogP contribution in [-0.4, -0.2) is 59.5 Å². The maximum Gasteiger partial charge on any atom is 0.320 e. The SMILES string of the molecule is CCN1CCN(C2CCN(Cc3cc(C#N)ccc3F)CC2)C1=O. The number of nitrogens with zero attached hydrogens (tertiary/aromatic N) is 4. The van der Waals surface area contributed by atoms with Crippen molar-refractivity contribution in [1.82, 2.24) is 14.7 Å². The summed E-state index contributed by atoms with van der Waals surface area (Å²) in [4.78, 5) is 18.4. The van der Waals surface area contributed by atoms with Crippen LogP contribution in [0.4, 0.5) is 9.18 Å². The van der Waals surface area contributed by atoms with E-state index in [4.69, 9.17) is 5.26 Å². The van der Waals surface area contributed by atoms with Gasteiger partial charge in [0.05, 0.1) is 11.6 Å². The van der Waals surface area contributed by atoms with Crippen molar-refractivity contribution in [3.8, 4) is 6.07 Å². The van der Waals surface area contributed by atoms with Crippen molar-refractivity contribution < 1.29 is 9.18 Å². The van der Waals surface area contributed by atoms with Crippen LogP contribution in [-0.2, 0) is 6.54 Å². The molecule has 0 spiro atoms. The third-order valence-corrected chi connectivity index (χ3v) is 5.08. The lowest BCUT2D eigenvalue weighted by molar-refractivity contribution is 0.126. The van der Waals surface area contributed by atoms with E-state index >= 15 is 0 Å². The highest BCUT2D eigenvalue weighted by molar-refractivity contribution is 5.76. The molecule has 0 aliphatic carbocycles. The normalized spacial score (nSPS) is 19.8. The second-order valence-corrected chi connectivity index (χ2v) is 6.48. The molecule has 5 nitrogen and oxygen atoms in total. The summed E-state index contributed by atoms with van der Waals surface area (Å²) < 4.78 is 13.9. The van der Waals surface area contributed by atoms with Crippen LogP contribution in [0.1, 0.15) is 30.9 Å². The molecule has 2 heterocycles. The van der Waals surface area contributed by atoms with Gasteiger partial charge in [0.2, 0.25) is 0 Å². The number of nitriles is 1. The monoisotopic (exact) mass is 330 g/mol. The van der Waals surface area contributed by atoms with Gasteiger partial charge in [0.1, 0.15) is 5.82 Å². The van der Waals surface area contributed by atoms with Gasteiger partial charge < -0.3 is 9.80 Å². The van der Waals surface area contributed by atoms with Crippen molar-refractivity contribution in [3.05, 3.63) is 35.1 Å². The van der Waals surface area contributed by atoms with Gasteiger partial charge in [-0.05, 0) is 38.0 Å². The summed E-state index contributed by atoms with van der Waals surface area (Å²) in [6.07, 6.45) is 1.84. The third-order valence-electron chi connectivity index (χ3n) is 5.08. The Hall–Kier alpha value is -2.13. The van der Waals surface area contributed by atoms with Crippen molar-refractivity contribution in [2.75, 3.05) is 32.7 Å². The lowest BCUT2D eigenvalue weighted by Gasteiger charge is -2.36. The number of urea groups is 1. The first-order valence-electron chi connectivity index (χ1n) is 8.58. The molecule has 2 amide bonds. The number of likely N-dealkylation sites (tertiary alicyclic amines) is 1. The second kappa shape index (κ2) is 7.18. The summed E-state index contributed by atoms with van der Waals surface area (Å²) in [5, 5.41) is 8.95. The van der Waals surface area contributed by atoms with Gasteiger partial charge >= 0.3 is 6.03 Å². The highest BCUT2D eigenvalue weighted by atomic mass is 19.1. The molecule has 1 aromatic carbocycles. The Balaban J connectivity index is 1.56. The minimum absolute atomic E-state index is 0.156. The maximum atomic E-state index is 13.9.